The zero-order valence-corrected chi connectivity index (χ0v) is 7.81. The van der Waals surface area contributed by atoms with Crippen molar-refractivity contribution in [1.29, 1.82) is 0 Å². The van der Waals surface area contributed by atoms with Gasteiger partial charge in [-0.15, -0.1) is 0 Å². The molecule has 0 spiro atoms. The highest BCUT2D eigenvalue weighted by molar-refractivity contribution is 4.59. The second kappa shape index (κ2) is 8.02. The summed E-state index contributed by atoms with van der Waals surface area (Å²) in [4.78, 5) is 0. The lowest BCUT2D eigenvalue weighted by Crippen LogP contribution is -2.21. The van der Waals surface area contributed by atoms with Crippen LogP contribution >= 0.6 is 0 Å². The molecular formula is C9H21NO. The summed E-state index contributed by atoms with van der Waals surface area (Å²) in [5.74, 6) is 0. The highest BCUT2D eigenvalue weighted by Gasteiger charge is 2.00. The molecule has 1 atom stereocenters. The zero-order valence-electron chi connectivity index (χ0n) is 7.81. The van der Waals surface area contributed by atoms with E-state index in [0.717, 1.165) is 26.1 Å². The maximum absolute atomic E-state index is 5.82. The first-order chi connectivity index (χ1) is 5.31. The van der Waals surface area contributed by atoms with E-state index in [1.807, 2.05) is 6.92 Å². The highest BCUT2D eigenvalue weighted by atomic mass is 16.5. The summed E-state index contributed by atoms with van der Waals surface area (Å²) in [5, 5.41) is 0. The van der Waals surface area contributed by atoms with Crippen LogP contribution in [0, 0.1) is 0 Å². The van der Waals surface area contributed by atoms with Gasteiger partial charge >= 0.3 is 0 Å². The van der Waals surface area contributed by atoms with E-state index in [4.69, 9.17) is 10.5 Å². The van der Waals surface area contributed by atoms with Crippen LogP contribution in [0.25, 0.3) is 0 Å². The van der Waals surface area contributed by atoms with Crippen molar-refractivity contribution in [2.45, 2.75) is 45.6 Å². The first-order valence-electron chi connectivity index (χ1n) is 4.64. The second-order valence-electron chi connectivity index (χ2n) is 2.89. The van der Waals surface area contributed by atoms with Crippen LogP contribution in [0.4, 0.5) is 0 Å². The molecular weight excluding hydrogens is 138 g/mol. The predicted molar refractivity (Wildman–Crippen MR) is 48.6 cm³/mol. The van der Waals surface area contributed by atoms with E-state index in [1.165, 1.54) is 12.8 Å². The molecule has 0 aromatic rings. The van der Waals surface area contributed by atoms with Gasteiger partial charge in [-0.25, -0.2) is 0 Å². The molecule has 0 saturated heterocycles. The van der Waals surface area contributed by atoms with Gasteiger partial charge < -0.3 is 10.5 Å². The molecule has 1 unspecified atom stereocenters. The Morgan fingerprint density at radius 2 is 2.00 bits per heavy atom. The van der Waals surface area contributed by atoms with Crippen molar-refractivity contribution in [3.8, 4) is 0 Å². The van der Waals surface area contributed by atoms with Gasteiger partial charge in [0.15, 0.2) is 0 Å². The van der Waals surface area contributed by atoms with Crippen LogP contribution in [0.2, 0.25) is 0 Å². The van der Waals surface area contributed by atoms with Gasteiger partial charge in [-0.3, -0.25) is 0 Å². The van der Waals surface area contributed by atoms with Crippen LogP contribution in [0.3, 0.4) is 0 Å². The van der Waals surface area contributed by atoms with Gasteiger partial charge in [0.2, 0.25) is 0 Å². The van der Waals surface area contributed by atoms with Gasteiger partial charge in [-0.2, -0.15) is 0 Å². The summed E-state index contributed by atoms with van der Waals surface area (Å²) < 4.78 is 5.20. The van der Waals surface area contributed by atoms with Crippen molar-refractivity contribution in [2.75, 3.05) is 13.2 Å². The van der Waals surface area contributed by atoms with Crippen molar-refractivity contribution in [3.05, 3.63) is 0 Å². The van der Waals surface area contributed by atoms with Crippen molar-refractivity contribution >= 4 is 0 Å². The van der Waals surface area contributed by atoms with Crippen LogP contribution < -0.4 is 5.73 Å². The van der Waals surface area contributed by atoms with E-state index in [2.05, 4.69) is 6.92 Å². The first kappa shape index (κ1) is 10.9. The van der Waals surface area contributed by atoms with Gasteiger partial charge in [0, 0.05) is 19.3 Å². The van der Waals surface area contributed by atoms with Crippen molar-refractivity contribution in [1.82, 2.24) is 0 Å². The van der Waals surface area contributed by atoms with Gasteiger partial charge in [0.25, 0.3) is 0 Å². The average Bonchev–Trinajstić information content (AvgIpc) is 2.01. The Morgan fingerprint density at radius 3 is 2.55 bits per heavy atom. The molecule has 0 heterocycles. The molecule has 68 valence electrons. The quantitative estimate of drug-likeness (QED) is 0.576. The Hall–Kier alpha value is -0.0800. The summed E-state index contributed by atoms with van der Waals surface area (Å²) >= 11 is 0. The maximum atomic E-state index is 5.82. The third-order valence-electron chi connectivity index (χ3n) is 1.77. The number of nitrogens with two attached hydrogens (primary N) is 1. The monoisotopic (exact) mass is 159 g/mol. The van der Waals surface area contributed by atoms with Gasteiger partial charge in [-0.05, 0) is 19.8 Å². The molecule has 0 aliphatic heterocycles. The van der Waals surface area contributed by atoms with Crippen LogP contribution in [-0.4, -0.2) is 19.3 Å². The summed E-state index contributed by atoms with van der Waals surface area (Å²) in [7, 11) is 0. The summed E-state index contributed by atoms with van der Waals surface area (Å²) in [6, 6.07) is 0.349. The standard InChI is InChI=1S/C9H21NO/c1-3-5-6-9(10)7-8-11-4-2/h9H,3-8,10H2,1-2H3. The van der Waals surface area contributed by atoms with Crippen LogP contribution in [0.5, 0.6) is 0 Å². The van der Waals surface area contributed by atoms with E-state index in [0.29, 0.717) is 6.04 Å². The van der Waals surface area contributed by atoms with E-state index in [-0.39, 0.29) is 0 Å². The lowest BCUT2D eigenvalue weighted by Gasteiger charge is -2.09. The van der Waals surface area contributed by atoms with E-state index in [9.17, 15) is 0 Å². The van der Waals surface area contributed by atoms with Crippen LogP contribution in [0.1, 0.15) is 39.5 Å². The molecule has 0 radical (unpaired) electrons. The van der Waals surface area contributed by atoms with Crippen LogP contribution in [-0.2, 0) is 4.74 Å². The third kappa shape index (κ3) is 7.82. The number of hydrogen-bond acceptors (Lipinski definition) is 2. The number of ether oxygens (including phenoxy) is 1. The molecule has 0 amide bonds. The molecule has 0 aromatic heterocycles. The number of hydrogen-bond donors (Lipinski definition) is 1. The highest BCUT2D eigenvalue weighted by Crippen LogP contribution is 2.01. The minimum absolute atomic E-state index is 0.349. The van der Waals surface area contributed by atoms with Crippen LogP contribution in [0.15, 0.2) is 0 Å². The molecule has 2 N–H and O–H groups in total. The average molecular weight is 159 g/mol. The first-order valence-corrected chi connectivity index (χ1v) is 4.64. The predicted octanol–water partition coefficient (Wildman–Crippen LogP) is 1.93. The maximum Gasteiger partial charge on any atom is 0.0480 e. The van der Waals surface area contributed by atoms with Crippen molar-refractivity contribution in [2.24, 2.45) is 5.73 Å². The molecule has 2 nitrogen and oxygen atoms in total. The van der Waals surface area contributed by atoms with E-state index < -0.39 is 0 Å². The zero-order chi connectivity index (χ0) is 8.53. The van der Waals surface area contributed by atoms with E-state index >= 15 is 0 Å². The fraction of sp³-hybridized carbons (Fsp3) is 1.00. The summed E-state index contributed by atoms with van der Waals surface area (Å²) in [6.07, 6.45) is 4.63. The lowest BCUT2D eigenvalue weighted by atomic mass is 10.1. The molecule has 0 aromatic carbocycles. The van der Waals surface area contributed by atoms with Gasteiger partial charge in [0.1, 0.15) is 0 Å². The Balaban J connectivity index is 3.02. The van der Waals surface area contributed by atoms with E-state index in [1.54, 1.807) is 0 Å². The molecule has 11 heavy (non-hydrogen) atoms. The normalized spacial score (nSPS) is 13.4. The molecule has 0 aliphatic rings. The SMILES string of the molecule is CCCCC(N)CCOCC. The molecule has 0 aliphatic carbocycles. The third-order valence-corrected chi connectivity index (χ3v) is 1.77. The molecule has 0 rings (SSSR count). The second-order valence-corrected chi connectivity index (χ2v) is 2.89. The fourth-order valence-electron chi connectivity index (χ4n) is 0.990. The Bertz CT molecular complexity index is 76.0. The Morgan fingerprint density at radius 1 is 1.27 bits per heavy atom. The molecule has 2 heteroatoms. The Kier molecular flexibility index (Phi) is 7.96. The molecule has 0 fully saturated rings. The lowest BCUT2D eigenvalue weighted by molar-refractivity contribution is 0.139. The molecule has 0 bridgehead atoms. The minimum atomic E-state index is 0.349. The van der Waals surface area contributed by atoms with Gasteiger partial charge in [0.05, 0.1) is 0 Å². The van der Waals surface area contributed by atoms with Crippen molar-refractivity contribution in [3.63, 3.8) is 0 Å². The Labute approximate surface area is 70.1 Å². The minimum Gasteiger partial charge on any atom is -0.382 e. The molecule has 0 saturated carbocycles. The summed E-state index contributed by atoms with van der Waals surface area (Å²) in [5.41, 5.74) is 5.82. The van der Waals surface area contributed by atoms with Crippen molar-refractivity contribution < 1.29 is 4.74 Å². The number of rotatable bonds is 7. The summed E-state index contributed by atoms with van der Waals surface area (Å²) in [6.45, 7) is 5.83. The largest absolute Gasteiger partial charge is 0.382 e. The topological polar surface area (TPSA) is 35.2 Å². The van der Waals surface area contributed by atoms with Gasteiger partial charge in [-0.1, -0.05) is 19.8 Å². The fourth-order valence-corrected chi connectivity index (χ4v) is 0.990. The number of unbranched alkanes of at least 4 members (excludes halogenated alkanes) is 1. The smallest absolute Gasteiger partial charge is 0.0480 e.